The Morgan fingerprint density at radius 3 is 2.43 bits per heavy atom. The summed E-state index contributed by atoms with van der Waals surface area (Å²) in [6.07, 6.45) is -0.557. The van der Waals surface area contributed by atoms with Gasteiger partial charge in [0.05, 0.1) is 29.3 Å². The number of ether oxygens (including phenoxy) is 2. The van der Waals surface area contributed by atoms with Crippen molar-refractivity contribution in [2.45, 2.75) is 38.0 Å². The molecule has 6 nitrogen and oxygen atoms in total. The van der Waals surface area contributed by atoms with Gasteiger partial charge >= 0.3 is 5.97 Å². The van der Waals surface area contributed by atoms with Crippen LogP contribution in [0.15, 0.2) is 24.3 Å². The number of hydrogen-bond acceptors (Lipinski definition) is 5. The molecule has 2 atom stereocenters. The predicted octanol–water partition coefficient (Wildman–Crippen LogP) is 1.19. The van der Waals surface area contributed by atoms with Crippen LogP contribution in [-0.4, -0.2) is 46.4 Å². The third kappa shape index (κ3) is 7.58. The minimum atomic E-state index is -1.23. The van der Waals surface area contributed by atoms with Gasteiger partial charge in [0.15, 0.2) is 0 Å². The molecule has 0 amide bonds. The second kappa shape index (κ2) is 9.00. The van der Waals surface area contributed by atoms with Crippen molar-refractivity contribution in [3.05, 3.63) is 29.8 Å². The second-order valence-corrected chi connectivity index (χ2v) is 8.14. The van der Waals surface area contributed by atoms with Gasteiger partial charge in [-0.3, -0.25) is 4.79 Å². The first-order valence-electron chi connectivity index (χ1n) is 7.34. The summed E-state index contributed by atoms with van der Waals surface area (Å²) >= 11 is 0. The van der Waals surface area contributed by atoms with E-state index in [1.807, 2.05) is 20.8 Å². The zero-order chi connectivity index (χ0) is 17.5. The van der Waals surface area contributed by atoms with Crippen molar-refractivity contribution in [2.75, 3.05) is 20.3 Å². The largest absolute Gasteiger partial charge is 0.491 e. The fraction of sp³-hybridized carbons (Fsp3) is 0.562. The van der Waals surface area contributed by atoms with Gasteiger partial charge in [-0.25, -0.2) is 8.93 Å². The molecule has 0 heterocycles. The van der Waals surface area contributed by atoms with E-state index in [0.29, 0.717) is 5.75 Å². The smallest absolute Gasteiger partial charge is 0.309 e. The average Bonchev–Trinajstić information content (AvgIpc) is 2.50. The zero-order valence-corrected chi connectivity index (χ0v) is 14.8. The number of aliphatic hydroxyl groups excluding tert-OH is 1. The number of hydrogen-bond donors (Lipinski definition) is 2. The van der Waals surface area contributed by atoms with Crippen molar-refractivity contribution in [3.8, 4) is 5.75 Å². The Labute approximate surface area is 139 Å². The van der Waals surface area contributed by atoms with Gasteiger partial charge in [0.1, 0.15) is 18.5 Å². The van der Waals surface area contributed by atoms with E-state index in [9.17, 15) is 14.1 Å². The Morgan fingerprint density at radius 1 is 1.30 bits per heavy atom. The Kier molecular flexibility index (Phi) is 7.67. The summed E-state index contributed by atoms with van der Waals surface area (Å²) in [5.74, 6) is 0.293. The maximum absolute atomic E-state index is 11.8. The molecular formula is C16H25NO5S. The van der Waals surface area contributed by atoms with Crippen molar-refractivity contribution in [3.63, 3.8) is 0 Å². The number of carbonyl (C=O) groups is 1. The summed E-state index contributed by atoms with van der Waals surface area (Å²) in [4.78, 5) is 11.2. The molecule has 0 fully saturated rings. The van der Waals surface area contributed by atoms with Crippen LogP contribution in [0, 0.1) is 0 Å². The maximum atomic E-state index is 11.8. The standard InChI is InChI=1S/C16H25NO5S/c1-16(2,3)23(20)17-10-13(18)11-22-14-7-5-12(6-8-14)9-15(19)21-4/h5-8,13,17-18H,9-11H2,1-4H3. The van der Waals surface area contributed by atoms with Crippen molar-refractivity contribution in [2.24, 2.45) is 0 Å². The van der Waals surface area contributed by atoms with Crippen LogP contribution in [0.3, 0.4) is 0 Å². The third-order valence-corrected chi connectivity index (χ3v) is 4.49. The molecule has 2 N–H and O–H groups in total. The molecule has 1 aromatic carbocycles. The quantitative estimate of drug-likeness (QED) is 0.693. The second-order valence-electron chi connectivity index (χ2n) is 6.09. The lowest BCUT2D eigenvalue weighted by Gasteiger charge is -2.20. The summed E-state index contributed by atoms with van der Waals surface area (Å²) < 4.78 is 24.3. The van der Waals surface area contributed by atoms with E-state index < -0.39 is 17.1 Å². The summed E-state index contributed by atoms with van der Waals surface area (Å²) in [5, 5.41) is 9.85. The molecule has 0 aromatic heterocycles. The lowest BCUT2D eigenvalue weighted by Crippen LogP contribution is -2.39. The zero-order valence-electron chi connectivity index (χ0n) is 14.0. The molecule has 23 heavy (non-hydrogen) atoms. The van der Waals surface area contributed by atoms with Gasteiger partial charge in [0.25, 0.3) is 0 Å². The first kappa shape index (κ1) is 19.6. The fourth-order valence-electron chi connectivity index (χ4n) is 1.58. The van der Waals surface area contributed by atoms with Crippen LogP contribution in [0.25, 0.3) is 0 Å². The molecule has 130 valence electrons. The highest BCUT2D eigenvalue weighted by Gasteiger charge is 2.20. The van der Waals surface area contributed by atoms with E-state index in [4.69, 9.17) is 4.74 Å². The molecule has 0 saturated carbocycles. The Balaban J connectivity index is 2.37. The van der Waals surface area contributed by atoms with Crippen LogP contribution < -0.4 is 9.46 Å². The number of carbonyl (C=O) groups excluding carboxylic acids is 1. The molecule has 1 aromatic rings. The van der Waals surface area contributed by atoms with Gasteiger partial charge in [0, 0.05) is 6.54 Å². The SMILES string of the molecule is COC(=O)Cc1ccc(OCC(O)CNS(=O)C(C)(C)C)cc1. The molecule has 0 aliphatic rings. The molecule has 7 heteroatoms. The van der Waals surface area contributed by atoms with Crippen LogP contribution in [0.1, 0.15) is 26.3 Å². The Hall–Kier alpha value is -1.44. The number of rotatable bonds is 8. The maximum Gasteiger partial charge on any atom is 0.309 e. The van der Waals surface area contributed by atoms with E-state index in [-0.39, 0.29) is 30.3 Å². The van der Waals surface area contributed by atoms with Gasteiger partial charge in [-0.15, -0.1) is 0 Å². The van der Waals surface area contributed by atoms with Crippen molar-refractivity contribution in [1.29, 1.82) is 0 Å². The minimum Gasteiger partial charge on any atom is -0.491 e. The molecule has 0 bridgehead atoms. The first-order valence-corrected chi connectivity index (χ1v) is 8.49. The van der Waals surface area contributed by atoms with Crippen LogP contribution in [0.2, 0.25) is 0 Å². The monoisotopic (exact) mass is 343 g/mol. The summed E-state index contributed by atoms with van der Waals surface area (Å²) in [5.41, 5.74) is 0.826. The van der Waals surface area contributed by atoms with E-state index in [2.05, 4.69) is 9.46 Å². The predicted molar refractivity (Wildman–Crippen MR) is 89.6 cm³/mol. The lowest BCUT2D eigenvalue weighted by atomic mass is 10.1. The summed E-state index contributed by atoms with van der Waals surface area (Å²) in [6.45, 7) is 5.84. The fourth-order valence-corrected chi connectivity index (χ4v) is 2.36. The summed E-state index contributed by atoms with van der Waals surface area (Å²) in [6, 6.07) is 6.99. The van der Waals surface area contributed by atoms with E-state index in [1.54, 1.807) is 24.3 Å². The van der Waals surface area contributed by atoms with E-state index in [1.165, 1.54) is 7.11 Å². The molecule has 0 aliphatic heterocycles. The van der Waals surface area contributed by atoms with Crippen LogP contribution in [0.4, 0.5) is 0 Å². The van der Waals surface area contributed by atoms with Crippen LogP contribution >= 0.6 is 0 Å². The first-order chi connectivity index (χ1) is 10.7. The number of nitrogens with one attached hydrogen (secondary N) is 1. The lowest BCUT2D eigenvalue weighted by molar-refractivity contribution is -0.139. The highest BCUT2D eigenvalue weighted by molar-refractivity contribution is 7.84. The Bertz CT molecular complexity index is 524. The van der Waals surface area contributed by atoms with Gasteiger partial charge in [-0.1, -0.05) is 12.1 Å². The number of benzene rings is 1. The molecule has 0 spiro atoms. The van der Waals surface area contributed by atoms with E-state index >= 15 is 0 Å². The molecule has 0 saturated heterocycles. The highest BCUT2D eigenvalue weighted by Crippen LogP contribution is 2.13. The van der Waals surface area contributed by atoms with Crippen LogP contribution in [0.5, 0.6) is 5.75 Å². The summed E-state index contributed by atoms with van der Waals surface area (Å²) in [7, 11) is 0.124. The molecular weight excluding hydrogens is 318 g/mol. The number of methoxy groups -OCH3 is 1. The van der Waals surface area contributed by atoms with Gasteiger partial charge < -0.3 is 14.6 Å². The van der Waals surface area contributed by atoms with Gasteiger partial charge in [0.2, 0.25) is 0 Å². The highest BCUT2D eigenvalue weighted by atomic mass is 32.2. The molecule has 2 unspecified atom stereocenters. The normalized spacial score (nSPS) is 14.1. The average molecular weight is 343 g/mol. The topological polar surface area (TPSA) is 84.9 Å². The van der Waals surface area contributed by atoms with Gasteiger partial charge in [-0.2, -0.15) is 0 Å². The number of aliphatic hydroxyl groups is 1. The van der Waals surface area contributed by atoms with Crippen molar-refractivity contribution < 1.29 is 23.6 Å². The number of esters is 1. The van der Waals surface area contributed by atoms with Crippen molar-refractivity contribution in [1.82, 2.24) is 4.72 Å². The molecule has 1 rings (SSSR count). The van der Waals surface area contributed by atoms with Crippen molar-refractivity contribution >= 4 is 17.0 Å². The molecule has 0 aliphatic carbocycles. The Morgan fingerprint density at radius 2 is 1.91 bits per heavy atom. The third-order valence-electron chi connectivity index (χ3n) is 2.95. The molecule has 0 radical (unpaired) electrons. The van der Waals surface area contributed by atoms with Gasteiger partial charge in [-0.05, 0) is 38.5 Å². The van der Waals surface area contributed by atoms with Crippen LogP contribution in [-0.2, 0) is 26.9 Å². The van der Waals surface area contributed by atoms with E-state index in [0.717, 1.165) is 5.56 Å². The minimum absolute atomic E-state index is 0.0880.